The van der Waals surface area contributed by atoms with Crippen LogP contribution in [0.25, 0.3) is 0 Å². The molecular formula is C14H30N4. The highest BCUT2D eigenvalue weighted by Crippen LogP contribution is 2.07. The summed E-state index contributed by atoms with van der Waals surface area (Å²) >= 11 is 0. The summed E-state index contributed by atoms with van der Waals surface area (Å²) in [6.45, 7) is 10.3. The number of hydrogen-bond donors (Lipinski definition) is 2. The Morgan fingerprint density at radius 1 is 1.17 bits per heavy atom. The van der Waals surface area contributed by atoms with E-state index in [1.54, 1.807) is 0 Å². The molecule has 1 rings (SSSR count). The molecule has 0 saturated carbocycles. The Bertz CT molecular complexity index is 232. The molecule has 0 aromatic heterocycles. The number of nitrogens with one attached hydrogen (secondary N) is 2. The Morgan fingerprint density at radius 2 is 1.89 bits per heavy atom. The van der Waals surface area contributed by atoms with E-state index in [1.165, 1.54) is 45.3 Å². The van der Waals surface area contributed by atoms with E-state index in [-0.39, 0.29) is 0 Å². The molecule has 0 aromatic rings. The first-order valence-corrected chi connectivity index (χ1v) is 7.39. The van der Waals surface area contributed by atoms with Gasteiger partial charge in [-0.3, -0.25) is 4.99 Å². The van der Waals surface area contributed by atoms with Crippen molar-refractivity contribution < 1.29 is 0 Å². The zero-order valence-corrected chi connectivity index (χ0v) is 12.3. The lowest BCUT2D eigenvalue weighted by atomic mass is 10.2. The maximum absolute atomic E-state index is 4.22. The first-order chi connectivity index (χ1) is 8.72. The number of hydrogen-bond acceptors (Lipinski definition) is 2. The SMILES string of the molecule is CN=C(NCCCCN1CCCC1)NCC(C)C. The molecule has 0 aliphatic carbocycles. The van der Waals surface area contributed by atoms with E-state index < -0.39 is 0 Å². The predicted molar refractivity (Wildman–Crippen MR) is 79.1 cm³/mol. The van der Waals surface area contributed by atoms with Crippen molar-refractivity contribution in [3.05, 3.63) is 0 Å². The van der Waals surface area contributed by atoms with Gasteiger partial charge in [0.1, 0.15) is 0 Å². The van der Waals surface area contributed by atoms with Crippen LogP contribution in [0.5, 0.6) is 0 Å². The van der Waals surface area contributed by atoms with Crippen molar-refractivity contribution in [3.63, 3.8) is 0 Å². The topological polar surface area (TPSA) is 39.7 Å². The van der Waals surface area contributed by atoms with Crippen LogP contribution < -0.4 is 10.6 Å². The minimum atomic E-state index is 0.652. The normalized spacial score (nSPS) is 17.4. The summed E-state index contributed by atoms with van der Waals surface area (Å²) in [5.74, 6) is 1.59. The van der Waals surface area contributed by atoms with Crippen LogP contribution in [0.3, 0.4) is 0 Å². The highest BCUT2D eigenvalue weighted by Gasteiger charge is 2.09. The summed E-state index contributed by atoms with van der Waals surface area (Å²) in [6.07, 6.45) is 5.29. The number of likely N-dealkylation sites (tertiary alicyclic amines) is 1. The van der Waals surface area contributed by atoms with Gasteiger partial charge in [0.25, 0.3) is 0 Å². The average molecular weight is 254 g/mol. The molecule has 0 unspecified atom stereocenters. The van der Waals surface area contributed by atoms with Gasteiger partial charge in [0.05, 0.1) is 0 Å². The van der Waals surface area contributed by atoms with Crippen LogP contribution in [0.2, 0.25) is 0 Å². The van der Waals surface area contributed by atoms with Gasteiger partial charge in [0.2, 0.25) is 0 Å². The fourth-order valence-corrected chi connectivity index (χ4v) is 2.19. The summed E-state index contributed by atoms with van der Waals surface area (Å²) in [5.41, 5.74) is 0. The second kappa shape index (κ2) is 9.20. The Hall–Kier alpha value is -0.770. The highest BCUT2D eigenvalue weighted by atomic mass is 15.2. The molecule has 1 aliphatic rings. The van der Waals surface area contributed by atoms with Crippen molar-refractivity contribution in [2.75, 3.05) is 39.8 Å². The summed E-state index contributed by atoms with van der Waals surface area (Å²) < 4.78 is 0. The van der Waals surface area contributed by atoms with Gasteiger partial charge in [0, 0.05) is 20.1 Å². The highest BCUT2D eigenvalue weighted by molar-refractivity contribution is 5.79. The molecule has 1 aliphatic heterocycles. The third kappa shape index (κ3) is 6.84. The fraction of sp³-hybridized carbons (Fsp3) is 0.929. The predicted octanol–water partition coefficient (Wildman–Crippen LogP) is 1.68. The first-order valence-electron chi connectivity index (χ1n) is 7.39. The molecule has 18 heavy (non-hydrogen) atoms. The van der Waals surface area contributed by atoms with Gasteiger partial charge in [-0.2, -0.15) is 0 Å². The van der Waals surface area contributed by atoms with E-state index in [0.717, 1.165) is 19.0 Å². The Morgan fingerprint density at radius 3 is 2.50 bits per heavy atom. The zero-order valence-electron chi connectivity index (χ0n) is 12.3. The summed E-state index contributed by atoms with van der Waals surface area (Å²) in [7, 11) is 1.83. The Balaban J connectivity index is 1.97. The average Bonchev–Trinajstić information content (AvgIpc) is 2.85. The first kappa shape index (κ1) is 15.3. The number of unbranched alkanes of at least 4 members (excludes halogenated alkanes) is 1. The van der Waals surface area contributed by atoms with E-state index in [2.05, 4.69) is 34.4 Å². The third-order valence-electron chi connectivity index (χ3n) is 3.29. The molecule has 0 atom stereocenters. The molecule has 4 heteroatoms. The van der Waals surface area contributed by atoms with E-state index in [9.17, 15) is 0 Å². The smallest absolute Gasteiger partial charge is 0.190 e. The van der Waals surface area contributed by atoms with E-state index in [4.69, 9.17) is 0 Å². The van der Waals surface area contributed by atoms with Gasteiger partial charge in [-0.1, -0.05) is 13.8 Å². The van der Waals surface area contributed by atoms with Crippen molar-refractivity contribution >= 4 is 5.96 Å². The minimum absolute atomic E-state index is 0.652. The summed E-state index contributed by atoms with van der Waals surface area (Å²) in [4.78, 5) is 6.79. The second-order valence-electron chi connectivity index (χ2n) is 5.53. The van der Waals surface area contributed by atoms with Crippen LogP contribution in [0.1, 0.15) is 39.5 Å². The molecule has 0 radical (unpaired) electrons. The quantitative estimate of drug-likeness (QED) is 0.412. The molecule has 1 heterocycles. The summed E-state index contributed by atoms with van der Waals surface area (Å²) in [5, 5.41) is 6.70. The van der Waals surface area contributed by atoms with Crippen molar-refractivity contribution in [3.8, 4) is 0 Å². The van der Waals surface area contributed by atoms with Crippen molar-refractivity contribution in [2.45, 2.75) is 39.5 Å². The fourth-order valence-electron chi connectivity index (χ4n) is 2.19. The van der Waals surface area contributed by atoms with Gasteiger partial charge in [-0.25, -0.2) is 0 Å². The molecular weight excluding hydrogens is 224 g/mol. The largest absolute Gasteiger partial charge is 0.356 e. The lowest BCUT2D eigenvalue weighted by Crippen LogP contribution is -2.39. The number of rotatable bonds is 7. The lowest BCUT2D eigenvalue weighted by Gasteiger charge is -2.15. The van der Waals surface area contributed by atoms with Crippen LogP contribution in [0.4, 0.5) is 0 Å². The second-order valence-corrected chi connectivity index (χ2v) is 5.53. The van der Waals surface area contributed by atoms with E-state index >= 15 is 0 Å². The van der Waals surface area contributed by atoms with E-state index in [0.29, 0.717) is 5.92 Å². The standard InChI is InChI=1S/C14H30N4/c1-13(2)12-17-14(15-3)16-8-4-5-9-18-10-6-7-11-18/h13H,4-12H2,1-3H3,(H2,15,16,17). The molecule has 2 N–H and O–H groups in total. The van der Waals surface area contributed by atoms with Gasteiger partial charge in [-0.05, 0) is 51.2 Å². The van der Waals surface area contributed by atoms with E-state index in [1.807, 2.05) is 7.05 Å². The molecule has 0 bridgehead atoms. The maximum Gasteiger partial charge on any atom is 0.190 e. The molecule has 0 aromatic carbocycles. The minimum Gasteiger partial charge on any atom is -0.356 e. The molecule has 1 saturated heterocycles. The van der Waals surface area contributed by atoms with Crippen LogP contribution in [0.15, 0.2) is 4.99 Å². The van der Waals surface area contributed by atoms with Gasteiger partial charge in [0.15, 0.2) is 5.96 Å². The number of guanidine groups is 1. The molecule has 0 spiro atoms. The van der Waals surface area contributed by atoms with Crippen LogP contribution in [-0.4, -0.2) is 50.6 Å². The van der Waals surface area contributed by atoms with Crippen molar-refractivity contribution in [1.29, 1.82) is 0 Å². The van der Waals surface area contributed by atoms with Gasteiger partial charge < -0.3 is 15.5 Å². The monoisotopic (exact) mass is 254 g/mol. The van der Waals surface area contributed by atoms with Crippen LogP contribution in [0, 0.1) is 5.92 Å². The number of nitrogens with zero attached hydrogens (tertiary/aromatic N) is 2. The van der Waals surface area contributed by atoms with Crippen molar-refractivity contribution in [1.82, 2.24) is 15.5 Å². The molecule has 106 valence electrons. The van der Waals surface area contributed by atoms with Gasteiger partial charge >= 0.3 is 0 Å². The molecule has 1 fully saturated rings. The molecule has 4 nitrogen and oxygen atoms in total. The molecule has 0 amide bonds. The van der Waals surface area contributed by atoms with Gasteiger partial charge in [-0.15, -0.1) is 0 Å². The third-order valence-corrected chi connectivity index (χ3v) is 3.29. The Kier molecular flexibility index (Phi) is 7.81. The van der Waals surface area contributed by atoms with Crippen LogP contribution >= 0.6 is 0 Å². The Labute approximate surface area is 112 Å². The lowest BCUT2D eigenvalue weighted by molar-refractivity contribution is 0.330. The number of aliphatic imine (C=N–C) groups is 1. The van der Waals surface area contributed by atoms with Crippen molar-refractivity contribution in [2.24, 2.45) is 10.9 Å². The van der Waals surface area contributed by atoms with Crippen LogP contribution in [-0.2, 0) is 0 Å². The maximum atomic E-state index is 4.22. The zero-order chi connectivity index (χ0) is 13.2. The summed E-state index contributed by atoms with van der Waals surface area (Å²) in [6, 6.07) is 0.